The van der Waals surface area contributed by atoms with Crippen LogP contribution in [-0.2, 0) is 4.74 Å². The number of aromatic amines is 2. The minimum absolute atomic E-state index is 0.00639. The second-order valence-corrected chi connectivity index (χ2v) is 4.57. The molecule has 0 bridgehead atoms. The third kappa shape index (κ3) is 1.81. The van der Waals surface area contributed by atoms with Crippen LogP contribution in [0, 0.1) is 0 Å². The second kappa shape index (κ2) is 4.44. The molecular formula is C10H13N5O5. The number of hydrogen-bond acceptors (Lipinski definition) is 7. The van der Waals surface area contributed by atoms with Gasteiger partial charge in [-0.05, 0) is 0 Å². The maximum Gasteiger partial charge on any atom is 0.348 e. The normalized spacial score (nSPS) is 26.4. The van der Waals surface area contributed by atoms with E-state index in [0.29, 0.717) is 0 Å². The number of aliphatic hydroxyl groups excluding tert-OH is 2. The molecule has 0 aromatic carbocycles. The number of ether oxygens (including phenoxy) is 1. The minimum Gasteiger partial charge on any atom is -0.394 e. The molecule has 1 aliphatic rings. The summed E-state index contributed by atoms with van der Waals surface area (Å²) in [4.78, 5) is 31.8. The van der Waals surface area contributed by atoms with E-state index < -0.39 is 29.8 Å². The molecule has 0 aliphatic carbocycles. The van der Waals surface area contributed by atoms with Gasteiger partial charge in [-0.2, -0.15) is 4.98 Å². The summed E-state index contributed by atoms with van der Waals surface area (Å²) in [6, 6.07) is 0. The smallest absolute Gasteiger partial charge is 0.348 e. The zero-order valence-electron chi connectivity index (χ0n) is 10.2. The van der Waals surface area contributed by atoms with Crippen LogP contribution in [-0.4, -0.2) is 48.5 Å². The van der Waals surface area contributed by atoms with E-state index in [1.165, 1.54) is 0 Å². The molecular weight excluding hydrogens is 270 g/mol. The van der Waals surface area contributed by atoms with Gasteiger partial charge in [-0.1, -0.05) is 0 Å². The fourth-order valence-electron chi connectivity index (χ4n) is 2.34. The lowest BCUT2D eigenvalue weighted by Crippen LogP contribution is -2.25. The summed E-state index contributed by atoms with van der Waals surface area (Å²) in [5, 5.41) is 18.8. The minimum atomic E-state index is -0.902. The largest absolute Gasteiger partial charge is 0.394 e. The van der Waals surface area contributed by atoms with Crippen molar-refractivity contribution >= 4 is 17.0 Å². The molecule has 1 saturated heterocycles. The van der Waals surface area contributed by atoms with E-state index in [4.69, 9.17) is 15.6 Å². The summed E-state index contributed by atoms with van der Waals surface area (Å²) in [6.45, 7) is -0.370. The number of H-pyrrole nitrogens is 2. The van der Waals surface area contributed by atoms with Crippen LogP contribution in [0.3, 0.4) is 0 Å². The quantitative estimate of drug-likeness (QED) is 0.412. The molecule has 0 radical (unpaired) electrons. The van der Waals surface area contributed by atoms with Crippen LogP contribution in [0.2, 0.25) is 0 Å². The average molecular weight is 283 g/mol. The Labute approximate surface area is 110 Å². The van der Waals surface area contributed by atoms with Crippen molar-refractivity contribution in [3.8, 4) is 0 Å². The van der Waals surface area contributed by atoms with Gasteiger partial charge in [0.05, 0.1) is 12.7 Å². The maximum absolute atomic E-state index is 12.0. The van der Waals surface area contributed by atoms with Gasteiger partial charge in [-0.25, -0.2) is 14.2 Å². The Balaban J connectivity index is 2.15. The number of anilines is 1. The van der Waals surface area contributed by atoms with Crippen molar-refractivity contribution in [3.63, 3.8) is 0 Å². The third-order valence-corrected chi connectivity index (χ3v) is 3.29. The number of nitrogen functional groups attached to an aromatic ring is 1. The summed E-state index contributed by atoms with van der Waals surface area (Å²) in [5.41, 5.74) is 4.60. The van der Waals surface area contributed by atoms with Crippen LogP contribution in [0.25, 0.3) is 11.2 Å². The molecule has 20 heavy (non-hydrogen) atoms. The van der Waals surface area contributed by atoms with Crippen LogP contribution in [0.5, 0.6) is 0 Å². The Bertz CT molecular complexity index is 761. The second-order valence-electron chi connectivity index (χ2n) is 4.57. The Hall–Kier alpha value is -2.17. The fourth-order valence-corrected chi connectivity index (χ4v) is 2.34. The van der Waals surface area contributed by atoms with Gasteiger partial charge in [0.15, 0.2) is 5.65 Å². The van der Waals surface area contributed by atoms with Crippen molar-refractivity contribution in [3.05, 3.63) is 21.0 Å². The van der Waals surface area contributed by atoms with E-state index in [-0.39, 0.29) is 30.0 Å². The molecule has 1 aliphatic heterocycles. The number of fused-ring (bicyclic) bond motifs is 1. The number of aliphatic hydroxyl groups is 2. The summed E-state index contributed by atoms with van der Waals surface area (Å²) in [5.74, 6) is -0.00639. The molecule has 2 aromatic rings. The summed E-state index contributed by atoms with van der Waals surface area (Å²) in [6.07, 6.45) is -2.40. The number of nitrogens with two attached hydrogens (primary N) is 1. The molecule has 3 heterocycles. The monoisotopic (exact) mass is 283 g/mol. The first kappa shape index (κ1) is 12.8. The Morgan fingerprint density at radius 2 is 2.20 bits per heavy atom. The van der Waals surface area contributed by atoms with Crippen molar-refractivity contribution in [2.45, 2.75) is 24.9 Å². The van der Waals surface area contributed by atoms with Crippen LogP contribution < -0.4 is 17.1 Å². The molecule has 108 valence electrons. The van der Waals surface area contributed by atoms with Crippen LogP contribution in [0.4, 0.5) is 5.82 Å². The summed E-state index contributed by atoms with van der Waals surface area (Å²) < 4.78 is 6.50. The Morgan fingerprint density at radius 1 is 1.45 bits per heavy atom. The van der Waals surface area contributed by atoms with Gasteiger partial charge < -0.3 is 25.7 Å². The molecule has 6 N–H and O–H groups in total. The topological polar surface area (TPSA) is 159 Å². The third-order valence-electron chi connectivity index (χ3n) is 3.29. The highest BCUT2D eigenvalue weighted by Crippen LogP contribution is 2.29. The highest BCUT2D eigenvalue weighted by Gasteiger charge is 2.36. The van der Waals surface area contributed by atoms with Crippen molar-refractivity contribution in [2.24, 2.45) is 0 Å². The molecule has 0 unspecified atom stereocenters. The molecule has 10 nitrogen and oxygen atoms in total. The van der Waals surface area contributed by atoms with Gasteiger partial charge in [0, 0.05) is 6.42 Å². The predicted molar refractivity (Wildman–Crippen MR) is 67.0 cm³/mol. The molecule has 3 rings (SSSR count). The van der Waals surface area contributed by atoms with Crippen molar-refractivity contribution in [2.75, 3.05) is 12.3 Å². The van der Waals surface area contributed by atoms with Gasteiger partial charge in [-0.15, -0.1) is 0 Å². The van der Waals surface area contributed by atoms with E-state index in [2.05, 4.69) is 15.0 Å². The highest BCUT2D eigenvalue weighted by molar-refractivity contribution is 5.81. The standard InChI is InChI=1S/C10H13N5O5/c11-7-6-8(14-9(18)13-7)15(10(19)12-6)5-1-3(17)4(2-16)20-5/h3-5,16-17H,1-2H2,(H,12,19)(H3,11,13,14,18)/t3-,4+,5+/m0/s1. The van der Waals surface area contributed by atoms with Crippen molar-refractivity contribution < 1.29 is 14.9 Å². The molecule has 10 heteroatoms. The molecule has 0 spiro atoms. The van der Waals surface area contributed by atoms with Gasteiger partial charge >= 0.3 is 11.4 Å². The number of imidazole rings is 1. The SMILES string of the molecule is Nc1[nH]c(=O)nc2c1[nH]c(=O)n2[C@H]1C[C@H](O)[C@@H](CO)O1. The Morgan fingerprint density at radius 3 is 2.85 bits per heavy atom. The summed E-state index contributed by atoms with van der Waals surface area (Å²) >= 11 is 0. The van der Waals surface area contributed by atoms with Crippen LogP contribution in [0.15, 0.2) is 9.59 Å². The van der Waals surface area contributed by atoms with E-state index >= 15 is 0 Å². The molecule has 0 amide bonds. The van der Waals surface area contributed by atoms with E-state index in [0.717, 1.165) is 4.57 Å². The van der Waals surface area contributed by atoms with Gasteiger partial charge in [0.1, 0.15) is 23.7 Å². The maximum atomic E-state index is 12.0. The number of nitrogens with zero attached hydrogens (tertiary/aromatic N) is 2. The van der Waals surface area contributed by atoms with Crippen LogP contribution in [0.1, 0.15) is 12.6 Å². The number of hydrogen-bond donors (Lipinski definition) is 5. The van der Waals surface area contributed by atoms with Gasteiger partial charge in [-0.3, -0.25) is 4.98 Å². The number of rotatable bonds is 2. The van der Waals surface area contributed by atoms with Gasteiger partial charge in [0.25, 0.3) is 0 Å². The number of nitrogens with one attached hydrogen (secondary N) is 2. The van der Waals surface area contributed by atoms with E-state index in [1.807, 2.05) is 0 Å². The molecule has 0 saturated carbocycles. The number of aromatic nitrogens is 4. The molecule has 1 fully saturated rings. The lowest BCUT2D eigenvalue weighted by atomic mass is 10.2. The average Bonchev–Trinajstić information content (AvgIpc) is 2.89. The predicted octanol–water partition coefficient (Wildman–Crippen LogP) is -2.36. The first-order chi connectivity index (χ1) is 9.51. The lowest BCUT2D eigenvalue weighted by molar-refractivity contribution is -0.0441. The zero-order valence-corrected chi connectivity index (χ0v) is 10.2. The fraction of sp³-hybridized carbons (Fsp3) is 0.500. The van der Waals surface area contributed by atoms with Crippen molar-refractivity contribution in [1.29, 1.82) is 0 Å². The van der Waals surface area contributed by atoms with E-state index in [9.17, 15) is 14.7 Å². The lowest BCUT2D eigenvalue weighted by Gasteiger charge is -2.12. The van der Waals surface area contributed by atoms with E-state index in [1.54, 1.807) is 0 Å². The zero-order chi connectivity index (χ0) is 14.4. The first-order valence-corrected chi connectivity index (χ1v) is 5.95. The van der Waals surface area contributed by atoms with Crippen molar-refractivity contribution in [1.82, 2.24) is 19.5 Å². The van der Waals surface area contributed by atoms with Gasteiger partial charge in [0.2, 0.25) is 0 Å². The highest BCUT2D eigenvalue weighted by atomic mass is 16.5. The van der Waals surface area contributed by atoms with Crippen LogP contribution >= 0.6 is 0 Å². The molecule has 3 atom stereocenters. The molecule has 2 aromatic heterocycles. The summed E-state index contributed by atoms with van der Waals surface area (Å²) in [7, 11) is 0. The first-order valence-electron chi connectivity index (χ1n) is 5.95. The Kier molecular flexibility index (Phi) is 2.85.